The predicted octanol–water partition coefficient (Wildman–Crippen LogP) is 2.02. The SMILES string of the molecule is CCCOC1CCCN(C2CCNC(C)C2)C1. The number of likely N-dealkylation sites (tertiary alicyclic amines) is 1. The molecular formula is C14H28N2O. The van der Waals surface area contributed by atoms with Crippen LogP contribution < -0.4 is 5.32 Å². The van der Waals surface area contributed by atoms with Crippen molar-refractivity contribution in [3.05, 3.63) is 0 Å². The number of nitrogens with zero attached hydrogens (tertiary/aromatic N) is 1. The number of rotatable bonds is 4. The van der Waals surface area contributed by atoms with Crippen molar-refractivity contribution in [1.82, 2.24) is 10.2 Å². The van der Waals surface area contributed by atoms with Gasteiger partial charge in [0.05, 0.1) is 6.10 Å². The minimum Gasteiger partial charge on any atom is -0.377 e. The maximum atomic E-state index is 5.92. The van der Waals surface area contributed by atoms with Gasteiger partial charge in [-0.3, -0.25) is 4.90 Å². The minimum atomic E-state index is 0.494. The van der Waals surface area contributed by atoms with Gasteiger partial charge in [-0.2, -0.15) is 0 Å². The first-order valence-corrected chi connectivity index (χ1v) is 7.38. The average Bonchev–Trinajstić information content (AvgIpc) is 2.37. The summed E-state index contributed by atoms with van der Waals surface area (Å²) in [7, 11) is 0. The van der Waals surface area contributed by atoms with Gasteiger partial charge in [-0.1, -0.05) is 6.92 Å². The molecule has 2 heterocycles. The van der Waals surface area contributed by atoms with E-state index < -0.39 is 0 Å². The summed E-state index contributed by atoms with van der Waals surface area (Å²) in [6.45, 7) is 9.06. The zero-order valence-corrected chi connectivity index (χ0v) is 11.5. The van der Waals surface area contributed by atoms with Crippen LogP contribution in [-0.2, 0) is 4.74 Å². The zero-order valence-electron chi connectivity index (χ0n) is 11.5. The Hall–Kier alpha value is -0.120. The number of piperidine rings is 2. The topological polar surface area (TPSA) is 24.5 Å². The molecule has 0 aromatic rings. The molecule has 0 aromatic carbocycles. The van der Waals surface area contributed by atoms with Gasteiger partial charge in [0.25, 0.3) is 0 Å². The van der Waals surface area contributed by atoms with Crippen LogP contribution in [0.15, 0.2) is 0 Å². The molecule has 3 unspecified atom stereocenters. The lowest BCUT2D eigenvalue weighted by molar-refractivity contribution is -0.0180. The Labute approximate surface area is 106 Å². The first kappa shape index (κ1) is 13.3. The molecule has 0 radical (unpaired) electrons. The molecule has 3 atom stereocenters. The Morgan fingerprint density at radius 1 is 1.35 bits per heavy atom. The van der Waals surface area contributed by atoms with Gasteiger partial charge in [0.15, 0.2) is 0 Å². The lowest BCUT2D eigenvalue weighted by atomic mass is 9.96. The lowest BCUT2D eigenvalue weighted by Crippen LogP contribution is -2.51. The Morgan fingerprint density at radius 3 is 3.00 bits per heavy atom. The molecule has 2 fully saturated rings. The molecule has 2 aliphatic rings. The van der Waals surface area contributed by atoms with Gasteiger partial charge in [0.2, 0.25) is 0 Å². The second kappa shape index (κ2) is 6.72. The van der Waals surface area contributed by atoms with Crippen molar-refractivity contribution in [2.45, 2.75) is 64.1 Å². The summed E-state index contributed by atoms with van der Waals surface area (Å²) in [5.74, 6) is 0. The highest BCUT2D eigenvalue weighted by atomic mass is 16.5. The molecule has 1 N–H and O–H groups in total. The summed E-state index contributed by atoms with van der Waals surface area (Å²) in [6.07, 6.45) is 6.82. The summed E-state index contributed by atoms with van der Waals surface area (Å²) >= 11 is 0. The Bertz CT molecular complexity index is 222. The molecule has 3 heteroatoms. The van der Waals surface area contributed by atoms with Crippen LogP contribution in [-0.4, -0.2) is 49.3 Å². The highest BCUT2D eigenvalue weighted by Crippen LogP contribution is 2.21. The summed E-state index contributed by atoms with van der Waals surface area (Å²) < 4.78 is 5.92. The maximum Gasteiger partial charge on any atom is 0.0702 e. The van der Waals surface area contributed by atoms with Crippen molar-refractivity contribution in [2.24, 2.45) is 0 Å². The second-order valence-corrected chi connectivity index (χ2v) is 5.66. The highest BCUT2D eigenvalue weighted by Gasteiger charge is 2.28. The van der Waals surface area contributed by atoms with E-state index in [2.05, 4.69) is 24.1 Å². The summed E-state index contributed by atoms with van der Waals surface area (Å²) in [5.41, 5.74) is 0. The van der Waals surface area contributed by atoms with Crippen LogP contribution in [0.2, 0.25) is 0 Å². The van der Waals surface area contributed by atoms with Crippen molar-refractivity contribution in [2.75, 3.05) is 26.2 Å². The molecule has 0 bridgehead atoms. The van der Waals surface area contributed by atoms with E-state index in [1.165, 1.54) is 38.8 Å². The van der Waals surface area contributed by atoms with E-state index in [9.17, 15) is 0 Å². The van der Waals surface area contributed by atoms with Crippen molar-refractivity contribution in [3.8, 4) is 0 Å². The molecule has 0 aromatic heterocycles. The van der Waals surface area contributed by atoms with Gasteiger partial charge in [0.1, 0.15) is 0 Å². The van der Waals surface area contributed by atoms with E-state index in [0.717, 1.165) is 25.6 Å². The van der Waals surface area contributed by atoms with E-state index in [1.54, 1.807) is 0 Å². The van der Waals surface area contributed by atoms with E-state index in [1.807, 2.05) is 0 Å². The van der Waals surface area contributed by atoms with Crippen LogP contribution in [0.1, 0.15) is 46.0 Å². The van der Waals surface area contributed by atoms with Crippen LogP contribution in [0.3, 0.4) is 0 Å². The highest BCUT2D eigenvalue weighted by molar-refractivity contribution is 4.85. The lowest BCUT2D eigenvalue weighted by Gasteiger charge is -2.41. The Morgan fingerprint density at radius 2 is 2.24 bits per heavy atom. The molecule has 0 spiro atoms. The Balaban J connectivity index is 1.79. The smallest absolute Gasteiger partial charge is 0.0702 e. The van der Waals surface area contributed by atoms with Gasteiger partial charge >= 0.3 is 0 Å². The van der Waals surface area contributed by atoms with Crippen LogP contribution in [0.5, 0.6) is 0 Å². The number of ether oxygens (including phenoxy) is 1. The average molecular weight is 240 g/mol. The molecule has 0 amide bonds. The predicted molar refractivity (Wildman–Crippen MR) is 71.3 cm³/mol. The van der Waals surface area contributed by atoms with Crippen LogP contribution in [0.4, 0.5) is 0 Å². The quantitative estimate of drug-likeness (QED) is 0.813. The van der Waals surface area contributed by atoms with Crippen molar-refractivity contribution in [1.29, 1.82) is 0 Å². The number of nitrogens with one attached hydrogen (secondary N) is 1. The fourth-order valence-corrected chi connectivity index (χ4v) is 3.16. The maximum absolute atomic E-state index is 5.92. The fraction of sp³-hybridized carbons (Fsp3) is 1.00. The molecule has 0 aliphatic carbocycles. The van der Waals surface area contributed by atoms with E-state index in [0.29, 0.717) is 12.1 Å². The van der Waals surface area contributed by atoms with Crippen molar-refractivity contribution in [3.63, 3.8) is 0 Å². The van der Waals surface area contributed by atoms with Gasteiger partial charge in [-0.25, -0.2) is 0 Å². The minimum absolute atomic E-state index is 0.494. The normalized spacial score (nSPS) is 36.0. The summed E-state index contributed by atoms with van der Waals surface area (Å²) in [5, 5.41) is 3.54. The molecule has 2 saturated heterocycles. The second-order valence-electron chi connectivity index (χ2n) is 5.66. The van der Waals surface area contributed by atoms with Crippen LogP contribution >= 0.6 is 0 Å². The van der Waals surface area contributed by atoms with Crippen molar-refractivity contribution < 1.29 is 4.74 Å². The van der Waals surface area contributed by atoms with Gasteiger partial charge in [0, 0.05) is 25.2 Å². The monoisotopic (exact) mass is 240 g/mol. The molecule has 3 nitrogen and oxygen atoms in total. The standard InChI is InChI=1S/C14H28N2O/c1-3-9-17-14-5-4-8-16(11-14)13-6-7-15-12(2)10-13/h12-15H,3-11H2,1-2H3. The van der Waals surface area contributed by atoms with E-state index >= 15 is 0 Å². The number of hydrogen-bond acceptors (Lipinski definition) is 3. The van der Waals surface area contributed by atoms with Gasteiger partial charge in [-0.05, 0) is 52.1 Å². The fourth-order valence-electron chi connectivity index (χ4n) is 3.16. The van der Waals surface area contributed by atoms with E-state index in [4.69, 9.17) is 4.74 Å². The van der Waals surface area contributed by atoms with Gasteiger partial charge in [-0.15, -0.1) is 0 Å². The molecular weight excluding hydrogens is 212 g/mol. The van der Waals surface area contributed by atoms with Crippen LogP contribution in [0.25, 0.3) is 0 Å². The molecule has 17 heavy (non-hydrogen) atoms. The summed E-state index contributed by atoms with van der Waals surface area (Å²) in [4.78, 5) is 2.68. The van der Waals surface area contributed by atoms with Gasteiger partial charge < -0.3 is 10.1 Å². The Kier molecular flexibility index (Phi) is 5.26. The van der Waals surface area contributed by atoms with Crippen LogP contribution in [0, 0.1) is 0 Å². The third-order valence-corrected chi connectivity index (χ3v) is 4.08. The molecule has 2 rings (SSSR count). The largest absolute Gasteiger partial charge is 0.377 e. The molecule has 0 saturated carbocycles. The molecule has 2 aliphatic heterocycles. The first-order valence-electron chi connectivity index (χ1n) is 7.38. The third-order valence-electron chi connectivity index (χ3n) is 4.08. The third kappa shape index (κ3) is 3.94. The summed E-state index contributed by atoms with van der Waals surface area (Å²) in [6, 6.07) is 1.48. The first-order chi connectivity index (χ1) is 8.29. The zero-order chi connectivity index (χ0) is 12.1. The van der Waals surface area contributed by atoms with Crippen molar-refractivity contribution >= 4 is 0 Å². The molecule has 100 valence electrons. The van der Waals surface area contributed by atoms with E-state index in [-0.39, 0.29) is 0 Å². The number of hydrogen-bond donors (Lipinski definition) is 1.